The third-order valence-corrected chi connectivity index (χ3v) is 3.82. The van der Waals surface area contributed by atoms with E-state index >= 15 is 0 Å². The van der Waals surface area contributed by atoms with Crippen molar-refractivity contribution in [2.24, 2.45) is 0 Å². The lowest BCUT2D eigenvalue weighted by molar-refractivity contribution is -0.127. The van der Waals surface area contributed by atoms with Crippen LogP contribution in [0.15, 0.2) is 0 Å². The van der Waals surface area contributed by atoms with E-state index in [9.17, 15) is 4.79 Å². The summed E-state index contributed by atoms with van der Waals surface area (Å²) in [6.07, 6.45) is 11.2. The number of rotatable bonds is 9. The molecule has 0 saturated carbocycles. The lowest BCUT2D eigenvalue weighted by Gasteiger charge is -2.15. The lowest BCUT2D eigenvalue weighted by Crippen LogP contribution is -2.26. The van der Waals surface area contributed by atoms with Crippen LogP contribution in [0.5, 0.6) is 0 Å². The van der Waals surface area contributed by atoms with Crippen molar-refractivity contribution in [3.63, 3.8) is 0 Å². The topological polar surface area (TPSA) is 20.3 Å². The molecule has 0 aliphatic carbocycles. The van der Waals surface area contributed by atoms with E-state index in [4.69, 9.17) is 0 Å². The molecule has 17 heavy (non-hydrogen) atoms. The fraction of sp³-hybridized carbons (Fsp3) is 0.929. The summed E-state index contributed by atoms with van der Waals surface area (Å²) >= 11 is 4.36. The van der Waals surface area contributed by atoms with E-state index in [1.54, 1.807) is 0 Å². The minimum atomic E-state index is 0.275. The monoisotopic (exact) mass is 257 g/mol. The fourth-order valence-corrected chi connectivity index (χ4v) is 2.76. The molecule has 100 valence electrons. The van der Waals surface area contributed by atoms with Crippen molar-refractivity contribution in [1.29, 1.82) is 0 Å². The Hall–Kier alpha value is -0.180. The van der Waals surface area contributed by atoms with Gasteiger partial charge in [-0.3, -0.25) is 4.79 Å². The van der Waals surface area contributed by atoms with Crippen LogP contribution in [0.1, 0.15) is 64.7 Å². The molecule has 1 saturated heterocycles. The lowest BCUT2D eigenvalue weighted by atomic mass is 10.1. The minimum absolute atomic E-state index is 0.275. The SMILES string of the molecule is CCCCCCCCCCN1CC(S)CC1=O. The Balaban J connectivity index is 1.89. The molecule has 2 nitrogen and oxygen atoms in total. The van der Waals surface area contributed by atoms with Gasteiger partial charge in [0.1, 0.15) is 0 Å². The van der Waals surface area contributed by atoms with E-state index in [2.05, 4.69) is 19.6 Å². The van der Waals surface area contributed by atoms with Crippen molar-refractivity contribution >= 4 is 18.5 Å². The second-order valence-electron chi connectivity index (χ2n) is 5.17. The Bertz CT molecular complexity index is 220. The van der Waals surface area contributed by atoms with E-state index in [0.29, 0.717) is 12.3 Å². The first-order valence-corrected chi connectivity index (χ1v) is 7.71. The molecule has 1 atom stereocenters. The van der Waals surface area contributed by atoms with Gasteiger partial charge in [0.25, 0.3) is 0 Å². The third-order valence-electron chi connectivity index (χ3n) is 3.48. The summed E-state index contributed by atoms with van der Waals surface area (Å²) in [6, 6.07) is 0. The average molecular weight is 257 g/mol. The van der Waals surface area contributed by atoms with Crippen LogP contribution >= 0.6 is 12.6 Å². The normalized spacial score (nSPS) is 20.2. The molecule has 1 rings (SSSR count). The molecule has 3 heteroatoms. The van der Waals surface area contributed by atoms with Gasteiger partial charge < -0.3 is 4.90 Å². The Labute approximate surface area is 112 Å². The molecule has 0 spiro atoms. The number of hydrogen-bond donors (Lipinski definition) is 1. The highest BCUT2D eigenvalue weighted by atomic mass is 32.1. The van der Waals surface area contributed by atoms with Gasteiger partial charge in [0.05, 0.1) is 0 Å². The van der Waals surface area contributed by atoms with Gasteiger partial charge in [0.15, 0.2) is 0 Å². The number of hydrogen-bond acceptors (Lipinski definition) is 2. The maximum absolute atomic E-state index is 11.5. The van der Waals surface area contributed by atoms with E-state index in [-0.39, 0.29) is 5.25 Å². The Morgan fingerprint density at radius 2 is 1.71 bits per heavy atom. The van der Waals surface area contributed by atoms with Crippen LogP contribution in [0.4, 0.5) is 0 Å². The van der Waals surface area contributed by atoms with Crippen LogP contribution in [0.2, 0.25) is 0 Å². The predicted molar refractivity (Wildman–Crippen MR) is 76.6 cm³/mol. The first kappa shape index (κ1) is 14.9. The van der Waals surface area contributed by atoms with Crippen molar-refractivity contribution < 1.29 is 4.79 Å². The Kier molecular flexibility index (Phi) is 7.74. The standard InChI is InChI=1S/C14H27NOS/c1-2-3-4-5-6-7-8-9-10-15-12-13(17)11-14(15)16/h13,17H,2-12H2,1H3. The molecule has 1 aliphatic heterocycles. The zero-order chi connectivity index (χ0) is 12.5. The quantitative estimate of drug-likeness (QED) is 0.494. The molecular weight excluding hydrogens is 230 g/mol. The van der Waals surface area contributed by atoms with E-state index < -0.39 is 0 Å². The largest absolute Gasteiger partial charge is 0.342 e. The van der Waals surface area contributed by atoms with Crippen molar-refractivity contribution in [2.75, 3.05) is 13.1 Å². The molecule has 1 fully saturated rings. The Morgan fingerprint density at radius 3 is 2.24 bits per heavy atom. The van der Waals surface area contributed by atoms with Crippen molar-refractivity contribution in [3.05, 3.63) is 0 Å². The fourth-order valence-electron chi connectivity index (χ4n) is 2.40. The average Bonchev–Trinajstić information content (AvgIpc) is 2.61. The summed E-state index contributed by atoms with van der Waals surface area (Å²) in [4.78, 5) is 13.5. The number of likely N-dealkylation sites (tertiary alicyclic amines) is 1. The van der Waals surface area contributed by atoms with Crippen LogP contribution in [-0.2, 0) is 4.79 Å². The van der Waals surface area contributed by atoms with Crippen LogP contribution < -0.4 is 0 Å². The van der Waals surface area contributed by atoms with Crippen LogP contribution in [0.25, 0.3) is 0 Å². The van der Waals surface area contributed by atoms with E-state index in [1.807, 2.05) is 4.90 Å². The number of unbranched alkanes of at least 4 members (excludes halogenated alkanes) is 7. The van der Waals surface area contributed by atoms with Gasteiger partial charge in [0.2, 0.25) is 5.91 Å². The smallest absolute Gasteiger partial charge is 0.223 e. The van der Waals surface area contributed by atoms with Gasteiger partial charge in [-0.1, -0.05) is 51.9 Å². The van der Waals surface area contributed by atoms with Crippen LogP contribution in [0.3, 0.4) is 0 Å². The highest BCUT2D eigenvalue weighted by Crippen LogP contribution is 2.17. The zero-order valence-electron chi connectivity index (χ0n) is 11.2. The van der Waals surface area contributed by atoms with Gasteiger partial charge in [-0.15, -0.1) is 0 Å². The molecule has 1 heterocycles. The number of thiol groups is 1. The molecule has 0 aromatic carbocycles. The molecule has 1 amide bonds. The molecule has 0 aromatic rings. The number of amides is 1. The van der Waals surface area contributed by atoms with Crippen LogP contribution in [-0.4, -0.2) is 29.1 Å². The van der Waals surface area contributed by atoms with E-state index in [1.165, 1.54) is 51.4 Å². The molecule has 1 aliphatic rings. The molecular formula is C14H27NOS. The summed E-state index contributed by atoms with van der Waals surface area (Å²) in [6.45, 7) is 4.06. The predicted octanol–water partition coefficient (Wildman–Crippen LogP) is 3.66. The second-order valence-corrected chi connectivity index (χ2v) is 5.90. The minimum Gasteiger partial charge on any atom is -0.342 e. The molecule has 0 radical (unpaired) electrons. The molecule has 1 unspecified atom stereocenters. The Morgan fingerprint density at radius 1 is 1.12 bits per heavy atom. The first-order valence-electron chi connectivity index (χ1n) is 7.20. The summed E-state index contributed by atoms with van der Waals surface area (Å²) in [5.74, 6) is 0.299. The maximum Gasteiger partial charge on any atom is 0.223 e. The third kappa shape index (κ3) is 6.35. The van der Waals surface area contributed by atoms with Gasteiger partial charge in [0, 0.05) is 24.8 Å². The van der Waals surface area contributed by atoms with Crippen molar-refractivity contribution in [2.45, 2.75) is 70.0 Å². The summed E-state index contributed by atoms with van der Waals surface area (Å²) in [5, 5.41) is 0.275. The maximum atomic E-state index is 11.5. The van der Waals surface area contributed by atoms with E-state index in [0.717, 1.165) is 13.1 Å². The number of nitrogens with zero attached hydrogens (tertiary/aromatic N) is 1. The first-order chi connectivity index (χ1) is 8.24. The van der Waals surface area contributed by atoms with Crippen LogP contribution in [0, 0.1) is 0 Å². The summed E-state index contributed by atoms with van der Waals surface area (Å²) < 4.78 is 0. The van der Waals surface area contributed by atoms with Gasteiger partial charge in [-0.25, -0.2) is 0 Å². The van der Waals surface area contributed by atoms with Crippen molar-refractivity contribution in [1.82, 2.24) is 4.90 Å². The highest BCUT2D eigenvalue weighted by molar-refractivity contribution is 7.81. The summed E-state index contributed by atoms with van der Waals surface area (Å²) in [7, 11) is 0. The molecule has 0 aromatic heterocycles. The highest BCUT2D eigenvalue weighted by Gasteiger charge is 2.26. The van der Waals surface area contributed by atoms with Crippen molar-refractivity contribution in [3.8, 4) is 0 Å². The van der Waals surface area contributed by atoms with Gasteiger partial charge >= 0.3 is 0 Å². The molecule has 0 bridgehead atoms. The second kappa shape index (κ2) is 8.84. The zero-order valence-corrected chi connectivity index (χ0v) is 12.1. The summed E-state index contributed by atoms with van der Waals surface area (Å²) in [5.41, 5.74) is 0. The number of carbonyl (C=O) groups is 1. The van der Waals surface area contributed by atoms with Gasteiger partial charge in [-0.05, 0) is 6.42 Å². The van der Waals surface area contributed by atoms with Gasteiger partial charge in [-0.2, -0.15) is 12.6 Å². The molecule has 0 N–H and O–H groups in total. The number of carbonyl (C=O) groups excluding carboxylic acids is 1.